The lowest BCUT2D eigenvalue weighted by Gasteiger charge is -2.20. The SMILES string of the molecule is Cc1ccc(C(CC(=O)c2ccc(F)cc2)Nc2ccccc2)cc1. The number of ketones is 1. The lowest BCUT2D eigenvalue weighted by Crippen LogP contribution is -2.16. The maximum absolute atomic E-state index is 13.1. The fourth-order valence-corrected chi connectivity index (χ4v) is 2.73. The zero-order chi connectivity index (χ0) is 17.6. The maximum atomic E-state index is 13.1. The Morgan fingerprint density at radius 1 is 0.920 bits per heavy atom. The molecule has 3 aromatic rings. The van der Waals surface area contributed by atoms with Gasteiger partial charge in [-0.25, -0.2) is 4.39 Å². The van der Waals surface area contributed by atoms with Crippen molar-refractivity contribution in [3.8, 4) is 0 Å². The molecule has 2 nitrogen and oxygen atoms in total. The highest BCUT2D eigenvalue weighted by Crippen LogP contribution is 2.25. The van der Waals surface area contributed by atoms with Gasteiger partial charge in [-0.15, -0.1) is 0 Å². The molecule has 0 aromatic heterocycles. The molecule has 0 bridgehead atoms. The standard InChI is InChI=1S/C22H20FNO/c1-16-7-9-17(10-8-16)21(24-20-5-3-2-4-6-20)15-22(25)18-11-13-19(23)14-12-18/h2-14,21,24H,15H2,1H3. The summed E-state index contributed by atoms with van der Waals surface area (Å²) in [5.74, 6) is -0.358. The van der Waals surface area contributed by atoms with Crippen LogP contribution in [0.1, 0.15) is 33.9 Å². The summed E-state index contributed by atoms with van der Waals surface area (Å²) in [6, 6.07) is 23.5. The number of Topliss-reactive ketones (excluding diaryl/α,β-unsaturated/α-hetero) is 1. The number of nitrogens with one attached hydrogen (secondary N) is 1. The number of halogens is 1. The quantitative estimate of drug-likeness (QED) is 0.598. The highest BCUT2D eigenvalue weighted by atomic mass is 19.1. The van der Waals surface area contributed by atoms with Gasteiger partial charge < -0.3 is 5.32 Å². The Morgan fingerprint density at radius 2 is 1.56 bits per heavy atom. The molecule has 1 atom stereocenters. The largest absolute Gasteiger partial charge is 0.378 e. The van der Waals surface area contributed by atoms with Gasteiger partial charge in [-0.1, -0.05) is 48.0 Å². The Kier molecular flexibility index (Phi) is 5.24. The number of carbonyl (C=O) groups is 1. The Labute approximate surface area is 147 Å². The van der Waals surface area contributed by atoms with Crippen LogP contribution in [0.2, 0.25) is 0 Å². The lowest BCUT2D eigenvalue weighted by atomic mass is 9.97. The zero-order valence-electron chi connectivity index (χ0n) is 14.1. The van der Waals surface area contributed by atoms with Gasteiger partial charge >= 0.3 is 0 Å². The number of hydrogen-bond acceptors (Lipinski definition) is 2. The molecule has 3 heteroatoms. The minimum absolute atomic E-state index is 0.0194. The van der Waals surface area contributed by atoms with Crippen LogP contribution in [0.25, 0.3) is 0 Å². The van der Waals surface area contributed by atoms with Crippen molar-refractivity contribution in [2.75, 3.05) is 5.32 Å². The second-order valence-electron chi connectivity index (χ2n) is 6.11. The van der Waals surface area contributed by atoms with Gasteiger partial charge in [0.25, 0.3) is 0 Å². The van der Waals surface area contributed by atoms with E-state index < -0.39 is 0 Å². The first-order valence-corrected chi connectivity index (χ1v) is 8.29. The Balaban J connectivity index is 1.83. The molecule has 0 radical (unpaired) electrons. The Morgan fingerprint density at radius 3 is 2.20 bits per heavy atom. The Hall–Kier alpha value is -2.94. The van der Waals surface area contributed by atoms with Gasteiger partial charge in [-0.05, 0) is 48.9 Å². The molecule has 3 aromatic carbocycles. The minimum Gasteiger partial charge on any atom is -0.378 e. The average molecular weight is 333 g/mol. The van der Waals surface area contributed by atoms with Gasteiger partial charge in [0, 0.05) is 17.7 Å². The van der Waals surface area contributed by atoms with Gasteiger partial charge in [0.15, 0.2) is 5.78 Å². The van der Waals surface area contributed by atoms with E-state index >= 15 is 0 Å². The van der Waals surface area contributed by atoms with E-state index in [2.05, 4.69) is 5.32 Å². The number of hydrogen-bond donors (Lipinski definition) is 1. The van der Waals surface area contributed by atoms with E-state index in [4.69, 9.17) is 0 Å². The van der Waals surface area contributed by atoms with Crippen molar-refractivity contribution in [1.29, 1.82) is 0 Å². The fraction of sp³-hybridized carbons (Fsp3) is 0.136. The third kappa shape index (κ3) is 4.54. The monoisotopic (exact) mass is 333 g/mol. The topological polar surface area (TPSA) is 29.1 Å². The summed E-state index contributed by atoms with van der Waals surface area (Å²) in [4.78, 5) is 12.6. The third-order valence-electron chi connectivity index (χ3n) is 4.15. The van der Waals surface area contributed by atoms with E-state index in [0.29, 0.717) is 12.0 Å². The first-order valence-electron chi connectivity index (χ1n) is 8.29. The molecule has 0 saturated heterocycles. The van der Waals surface area contributed by atoms with Crippen LogP contribution < -0.4 is 5.32 Å². The molecule has 0 saturated carbocycles. The molecule has 0 heterocycles. The van der Waals surface area contributed by atoms with Crippen molar-refractivity contribution in [2.45, 2.75) is 19.4 Å². The average Bonchev–Trinajstić information content (AvgIpc) is 2.63. The number of rotatable bonds is 6. The number of carbonyl (C=O) groups excluding carboxylic acids is 1. The molecular formula is C22H20FNO. The fourth-order valence-electron chi connectivity index (χ4n) is 2.73. The molecule has 0 aliphatic heterocycles. The summed E-state index contributed by atoms with van der Waals surface area (Å²) in [6.45, 7) is 2.03. The summed E-state index contributed by atoms with van der Waals surface area (Å²) in [5, 5.41) is 3.43. The smallest absolute Gasteiger partial charge is 0.165 e. The van der Waals surface area contributed by atoms with E-state index in [1.54, 1.807) is 0 Å². The van der Waals surface area contributed by atoms with Crippen molar-refractivity contribution >= 4 is 11.5 Å². The van der Waals surface area contributed by atoms with Gasteiger partial charge in [-0.2, -0.15) is 0 Å². The molecule has 1 N–H and O–H groups in total. The molecule has 0 aliphatic carbocycles. The van der Waals surface area contributed by atoms with Crippen LogP contribution in [-0.4, -0.2) is 5.78 Å². The summed E-state index contributed by atoms with van der Waals surface area (Å²) in [5.41, 5.74) is 3.70. The van der Waals surface area contributed by atoms with Crippen LogP contribution in [0.5, 0.6) is 0 Å². The second-order valence-corrected chi connectivity index (χ2v) is 6.11. The van der Waals surface area contributed by atoms with E-state index in [1.807, 2.05) is 61.5 Å². The van der Waals surface area contributed by atoms with Gasteiger partial charge in [0.05, 0.1) is 6.04 Å². The van der Waals surface area contributed by atoms with Crippen molar-refractivity contribution in [1.82, 2.24) is 0 Å². The maximum Gasteiger partial charge on any atom is 0.165 e. The van der Waals surface area contributed by atoms with Gasteiger partial charge in [0.1, 0.15) is 5.82 Å². The third-order valence-corrected chi connectivity index (χ3v) is 4.15. The molecule has 3 rings (SSSR count). The van der Waals surface area contributed by atoms with Crippen molar-refractivity contribution in [3.63, 3.8) is 0 Å². The van der Waals surface area contributed by atoms with Gasteiger partial charge in [0.2, 0.25) is 0 Å². The normalized spacial score (nSPS) is 11.8. The van der Waals surface area contributed by atoms with Crippen molar-refractivity contribution in [3.05, 3.63) is 101 Å². The summed E-state index contributed by atoms with van der Waals surface area (Å²) in [7, 11) is 0. The molecule has 0 amide bonds. The van der Waals surface area contributed by atoms with Crippen LogP contribution in [-0.2, 0) is 0 Å². The molecule has 1 unspecified atom stereocenters. The summed E-state index contributed by atoms with van der Waals surface area (Å²) < 4.78 is 13.1. The number of anilines is 1. The van der Waals surface area contributed by atoms with Crippen LogP contribution >= 0.6 is 0 Å². The number of benzene rings is 3. The summed E-state index contributed by atoms with van der Waals surface area (Å²) >= 11 is 0. The van der Waals surface area contributed by atoms with Crippen LogP contribution in [0.3, 0.4) is 0 Å². The van der Waals surface area contributed by atoms with Gasteiger partial charge in [-0.3, -0.25) is 4.79 Å². The number of aryl methyl sites for hydroxylation is 1. The summed E-state index contributed by atoms with van der Waals surface area (Å²) in [6.07, 6.45) is 0.295. The van der Waals surface area contributed by atoms with Crippen LogP contribution in [0.15, 0.2) is 78.9 Å². The highest BCUT2D eigenvalue weighted by molar-refractivity contribution is 5.96. The molecular weight excluding hydrogens is 313 g/mol. The second kappa shape index (κ2) is 7.75. The van der Waals surface area contributed by atoms with Crippen LogP contribution in [0, 0.1) is 12.7 Å². The molecule has 0 spiro atoms. The van der Waals surface area contributed by atoms with E-state index in [-0.39, 0.29) is 17.6 Å². The van der Waals surface area contributed by atoms with Crippen molar-refractivity contribution < 1.29 is 9.18 Å². The van der Waals surface area contributed by atoms with Crippen LogP contribution in [0.4, 0.5) is 10.1 Å². The minimum atomic E-state index is -0.339. The predicted molar refractivity (Wildman–Crippen MR) is 99.3 cm³/mol. The first-order chi connectivity index (χ1) is 12.1. The zero-order valence-corrected chi connectivity index (χ0v) is 14.1. The molecule has 0 aliphatic rings. The molecule has 0 fully saturated rings. The molecule has 126 valence electrons. The molecule has 25 heavy (non-hydrogen) atoms. The predicted octanol–water partition coefficient (Wildman–Crippen LogP) is 5.56. The number of para-hydroxylation sites is 1. The lowest BCUT2D eigenvalue weighted by molar-refractivity contribution is 0.0976. The first kappa shape index (κ1) is 16.9. The highest BCUT2D eigenvalue weighted by Gasteiger charge is 2.17. The van der Waals surface area contributed by atoms with E-state index in [1.165, 1.54) is 29.8 Å². The van der Waals surface area contributed by atoms with E-state index in [9.17, 15) is 9.18 Å². The van der Waals surface area contributed by atoms with Crippen molar-refractivity contribution in [2.24, 2.45) is 0 Å². The van der Waals surface area contributed by atoms with E-state index in [0.717, 1.165) is 11.3 Å². The Bertz CT molecular complexity index is 826.